The van der Waals surface area contributed by atoms with E-state index in [1.165, 1.54) is 0 Å². The van der Waals surface area contributed by atoms with Crippen LogP contribution in [-0.2, 0) is 6.42 Å². The molecule has 0 bridgehead atoms. The predicted molar refractivity (Wildman–Crippen MR) is 109 cm³/mol. The van der Waals surface area contributed by atoms with Crippen LogP contribution < -0.4 is 5.73 Å². The molecule has 0 amide bonds. The molecular formula is C21H22Cl2FN3. The number of nitrogens with zero attached hydrogens (tertiary/aromatic N) is 2. The fraction of sp³-hybridized carbons (Fsp3) is 0.286. The minimum absolute atomic E-state index is 0.157. The van der Waals surface area contributed by atoms with Gasteiger partial charge in [0.1, 0.15) is 5.82 Å². The molecule has 142 valence electrons. The van der Waals surface area contributed by atoms with Crippen LogP contribution in [0.15, 0.2) is 42.5 Å². The minimum Gasteiger partial charge on any atom is -0.323 e. The predicted octanol–water partition coefficient (Wildman–Crippen LogP) is 6.02. The summed E-state index contributed by atoms with van der Waals surface area (Å²) in [4.78, 5) is 0. The van der Waals surface area contributed by atoms with Crippen molar-refractivity contribution in [3.63, 3.8) is 0 Å². The first-order chi connectivity index (χ1) is 12.9. The van der Waals surface area contributed by atoms with Crippen LogP contribution in [0.2, 0.25) is 10.0 Å². The molecule has 3 aromatic rings. The molecule has 1 heterocycles. The first-order valence-electron chi connectivity index (χ1n) is 8.94. The van der Waals surface area contributed by atoms with Gasteiger partial charge < -0.3 is 5.73 Å². The maximum atomic E-state index is 14.0. The van der Waals surface area contributed by atoms with Gasteiger partial charge in [-0.1, -0.05) is 48.7 Å². The molecule has 0 spiro atoms. The Hall–Kier alpha value is -1.88. The van der Waals surface area contributed by atoms with E-state index in [0.29, 0.717) is 22.0 Å². The molecule has 0 saturated heterocycles. The third-order valence-electron chi connectivity index (χ3n) is 4.54. The lowest BCUT2D eigenvalue weighted by atomic mass is 10.1. The van der Waals surface area contributed by atoms with Crippen molar-refractivity contribution < 1.29 is 4.39 Å². The van der Waals surface area contributed by atoms with Crippen molar-refractivity contribution in [2.45, 2.75) is 39.2 Å². The average Bonchev–Trinajstić information content (AvgIpc) is 3.02. The number of nitrogens with two attached hydrogens (primary N) is 1. The normalized spacial score (nSPS) is 12.4. The fourth-order valence-corrected chi connectivity index (χ4v) is 3.51. The largest absolute Gasteiger partial charge is 0.323 e. The highest BCUT2D eigenvalue weighted by atomic mass is 35.5. The highest BCUT2D eigenvalue weighted by molar-refractivity contribution is 6.35. The zero-order valence-electron chi connectivity index (χ0n) is 15.3. The van der Waals surface area contributed by atoms with Crippen LogP contribution in [0, 0.1) is 12.7 Å². The summed E-state index contributed by atoms with van der Waals surface area (Å²) in [5.41, 5.74) is 10.2. The number of halogens is 3. The van der Waals surface area contributed by atoms with Crippen LogP contribution in [0.4, 0.5) is 4.39 Å². The molecule has 1 atom stereocenters. The van der Waals surface area contributed by atoms with Crippen molar-refractivity contribution in [1.29, 1.82) is 0 Å². The van der Waals surface area contributed by atoms with Gasteiger partial charge in [0.05, 0.1) is 16.4 Å². The van der Waals surface area contributed by atoms with Gasteiger partial charge in [-0.05, 0) is 54.8 Å². The lowest BCUT2D eigenvalue weighted by Crippen LogP contribution is -2.11. The highest BCUT2D eigenvalue weighted by Gasteiger charge is 2.17. The molecule has 3 nitrogen and oxygen atoms in total. The molecule has 1 aromatic heterocycles. The maximum Gasteiger partial charge on any atom is 0.126 e. The molecule has 0 saturated carbocycles. The molecule has 1 unspecified atom stereocenters. The minimum atomic E-state index is -0.217. The summed E-state index contributed by atoms with van der Waals surface area (Å²) in [5, 5.41) is 5.75. The number of aromatic nitrogens is 2. The van der Waals surface area contributed by atoms with E-state index in [9.17, 15) is 4.39 Å². The molecular weight excluding hydrogens is 384 g/mol. The number of hydrogen-bond donors (Lipinski definition) is 1. The van der Waals surface area contributed by atoms with Crippen molar-refractivity contribution >= 4 is 23.2 Å². The topological polar surface area (TPSA) is 43.8 Å². The monoisotopic (exact) mass is 405 g/mol. The first-order valence-corrected chi connectivity index (χ1v) is 9.69. The third-order valence-corrected chi connectivity index (χ3v) is 5.08. The Morgan fingerprint density at radius 3 is 2.59 bits per heavy atom. The van der Waals surface area contributed by atoms with E-state index in [4.69, 9.17) is 34.0 Å². The molecule has 0 radical (unpaired) electrons. The zero-order valence-corrected chi connectivity index (χ0v) is 16.9. The van der Waals surface area contributed by atoms with Crippen molar-refractivity contribution in [1.82, 2.24) is 9.78 Å². The molecule has 0 fully saturated rings. The summed E-state index contributed by atoms with van der Waals surface area (Å²) in [6, 6.07) is 12.4. The van der Waals surface area contributed by atoms with Crippen LogP contribution in [0.3, 0.4) is 0 Å². The van der Waals surface area contributed by atoms with Crippen LogP contribution in [0.25, 0.3) is 5.69 Å². The zero-order chi connectivity index (χ0) is 19.6. The molecule has 0 aliphatic carbocycles. The Morgan fingerprint density at radius 2 is 1.93 bits per heavy atom. The van der Waals surface area contributed by atoms with E-state index in [2.05, 4.69) is 6.92 Å². The number of hydrogen-bond acceptors (Lipinski definition) is 2. The van der Waals surface area contributed by atoms with Gasteiger partial charge in [-0.3, -0.25) is 0 Å². The second kappa shape index (κ2) is 8.42. The Morgan fingerprint density at radius 1 is 1.15 bits per heavy atom. The van der Waals surface area contributed by atoms with E-state index < -0.39 is 0 Å². The Labute approximate surface area is 168 Å². The molecule has 2 aromatic carbocycles. The van der Waals surface area contributed by atoms with E-state index >= 15 is 0 Å². The van der Waals surface area contributed by atoms with E-state index in [0.717, 1.165) is 35.5 Å². The van der Waals surface area contributed by atoms with Crippen LogP contribution >= 0.6 is 23.2 Å². The van der Waals surface area contributed by atoms with Gasteiger partial charge in [-0.25, -0.2) is 9.07 Å². The number of rotatable bonds is 6. The first kappa shape index (κ1) is 19.9. The molecule has 0 aliphatic heterocycles. The van der Waals surface area contributed by atoms with Crippen molar-refractivity contribution in [3.05, 3.63) is 80.8 Å². The van der Waals surface area contributed by atoms with E-state index in [1.807, 2.05) is 18.2 Å². The van der Waals surface area contributed by atoms with Gasteiger partial charge in [-0.2, -0.15) is 5.10 Å². The van der Waals surface area contributed by atoms with Crippen molar-refractivity contribution in [2.75, 3.05) is 0 Å². The maximum absolute atomic E-state index is 14.0. The Balaban J connectivity index is 2.05. The fourth-order valence-electron chi connectivity index (χ4n) is 3.02. The van der Waals surface area contributed by atoms with Gasteiger partial charge in [0, 0.05) is 23.2 Å². The van der Waals surface area contributed by atoms with E-state index in [-0.39, 0.29) is 11.9 Å². The lowest BCUT2D eigenvalue weighted by molar-refractivity contribution is 0.612. The Kier molecular flexibility index (Phi) is 6.20. The van der Waals surface area contributed by atoms with Crippen LogP contribution in [0.5, 0.6) is 0 Å². The average molecular weight is 406 g/mol. The van der Waals surface area contributed by atoms with Crippen molar-refractivity contribution in [3.8, 4) is 5.69 Å². The SMILES string of the molecule is CCCC(N)c1cc(Cc2ccc(C)c(F)c2)n(-c2ccc(Cl)cc2Cl)n1. The smallest absolute Gasteiger partial charge is 0.126 e. The second-order valence-electron chi connectivity index (χ2n) is 6.72. The Bertz CT molecular complexity index is 953. The summed E-state index contributed by atoms with van der Waals surface area (Å²) >= 11 is 12.4. The van der Waals surface area contributed by atoms with Gasteiger partial charge in [-0.15, -0.1) is 0 Å². The number of benzene rings is 2. The molecule has 3 rings (SSSR count). The molecule has 0 aliphatic rings. The summed E-state index contributed by atoms with van der Waals surface area (Å²) < 4.78 is 15.7. The summed E-state index contributed by atoms with van der Waals surface area (Å²) in [6.07, 6.45) is 2.32. The standard InChI is InChI=1S/C21H22Cl2FN3/c1-3-4-19(25)20-12-16(9-14-6-5-13(2)18(24)10-14)27(26-20)21-8-7-15(22)11-17(21)23/h5-8,10-12,19H,3-4,9,25H2,1-2H3. The highest BCUT2D eigenvalue weighted by Crippen LogP contribution is 2.28. The molecule has 2 N–H and O–H groups in total. The lowest BCUT2D eigenvalue weighted by Gasteiger charge is -2.10. The van der Waals surface area contributed by atoms with Crippen LogP contribution in [0.1, 0.15) is 48.3 Å². The summed E-state index contributed by atoms with van der Waals surface area (Å²) in [5.74, 6) is -0.217. The van der Waals surface area contributed by atoms with Gasteiger partial charge in [0.2, 0.25) is 0 Å². The third kappa shape index (κ3) is 4.52. The molecule has 6 heteroatoms. The quantitative estimate of drug-likeness (QED) is 0.544. The van der Waals surface area contributed by atoms with Gasteiger partial charge in [0.15, 0.2) is 0 Å². The molecule has 27 heavy (non-hydrogen) atoms. The summed E-state index contributed by atoms with van der Waals surface area (Å²) in [6.45, 7) is 3.83. The summed E-state index contributed by atoms with van der Waals surface area (Å²) in [7, 11) is 0. The van der Waals surface area contributed by atoms with Crippen LogP contribution in [-0.4, -0.2) is 9.78 Å². The van der Waals surface area contributed by atoms with Crippen molar-refractivity contribution in [2.24, 2.45) is 5.73 Å². The van der Waals surface area contributed by atoms with E-state index in [1.54, 1.807) is 35.9 Å². The number of aryl methyl sites for hydroxylation is 1. The second-order valence-corrected chi connectivity index (χ2v) is 7.57. The van der Waals surface area contributed by atoms with Gasteiger partial charge in [0.25, 0.3) is 0 Å². The van der Waals surface area contributed by atoms with Gasteiger partial charge >= 0.3 is 0 Å².